The highest BCUT2D eigenvalue weighted by atomic mass is 16.5. The number of aromatic nitrogens is 1. The lowest BCUT2D eigenvalue weighted by molar-refractivity contribution is 0.0402. The fourth-order valence-electron chi connectivity index (χ4n) is 2.96. The van der Waals surface area contributed by atoms with Gasteiger partial charge >= 0.3 is 0 Å². The molecule has 18 heavy (non-hydrogen) atoms. The zero-order chi connectivity index (χ0) is 12.4. The third-order valence-electron chi connectivity index (χ3n) is 4.02. The average Bonchev–Trinajstić information content (AvgIpc) is 2.38. The van der Waals surface area contributed by atoms with Gasteiger partial charge in [0.1, 0.15) is 6.10 Å². The number of nitrogens with two attached hydrogens (primary N) is 1. The van der Waals surface area contributed by atoms with Crippen LogP contribution in [0.5, 0.6) is 5.88 Å². The van der Waals surface area contributed by atoms with Crippen molar-refractivity contribution in [3.63, 3.8) is 0 Å². The van der Waals surface area contributed by atoms with Gasteiger partial charge in [0.05, 0.1) is 0 Å². The molecule has 4 heteroatoms. The topological polar surface area (TPSA) is 51.4 Å². The maximum atomic E-state index is 5.90. The molecule has 0 atom stereocenters. The van der Waals surface area contributed by atoms with Crippen molar-refractivity contribution < 1.29 is 4.74 Å². The van der Waals surface area contributed by atoms with Crippen LogP contribution in [0.4, 0.5) is 0 Å². The van der Waals surface area contributed by atoms with E-state index in [-0.39, 0.29) is 0 Å². The largest absolute Gasteiger partial charge is 0.474 e. The molecule has 2 fully saturated rings. The number of pyridine rings is 1. The minimum absolute atomic E-state index is 0.339. The van der Waals surface area contributed by atoms with Crippen molar-refractivity contribution in [2.24, 2.45) is 5.73 Å². The second-order valence-corrected chi connectivity index (χ2v) is 5.43. The predicted molar refractivity (Wildman–Crippen MR) is 70.5 cm³/mol. The molecule has 2 heterocycles. The van der Waals surface area contributed by atoms with Gasteiger partial charge in [-0.1, -0.05) is 6.07 Å². The Morgan fingerprint density at radius 1 is 1.17 bits per heavy atom. The van der Waals surface area contributed by atoms with Crippen molar-refractivity contribution in [1.29, 1.82) is 0 Å². The summed E-state index contributed by atoms with van der Waals surface area (Å²) in [6, 6.07) is 6.95. The molecule has 0 aromatic carbocycles. The van der Waals surface area contributed by atoms with E-state index in [1.54, 1.807) is 6.20 Å². The van der Waals surface area contributed by atoms with Crippen LogP contribution in [0.25, 0.3) is 0 Å². The fourth-order valence-corrected chi connectivity index (χ4v) is 2.96. The molecule has 0 radical (unpaired) electrons. The van der Waals surface area contributed by atoms with E-state index >= 15 is 0 Å². The SMILES string of the molecule is NC1CN(C2CCC(Oc3ccccn3)CC2)C1. The summed E-state index contributed by atoms with van der Waals surface area (Å²) in [4.78, 5) is 6.73. The highest BCUT2D eigenvalue weighted by molar-refractivity contribution is 5.09. The van der Waals surface area contributed by atoms with Crippen LogP contribution in [0.1, 0.15) is 25.7 Å². The fraction of sp³-hybridized carbons (Fsp3) is 0.643. The van der Waals surface area contributed by atoms with Gasteiger partial charge in [-0.15, -0.1) is 0 Å². The molecule has 1 aliphatic carbocycles. The van der Waals surface area contributed by atoms with Gasteiger partial charge in [0.25, 0.3) is 0 Å². The van der Waals surface area contributed by atoms with Crippen LogP contribution in [0.15, 0.2) is 24.4 Å². The van der Waals surface area contributed by atoms with E-state index in [4.69, 9.17) is 10.5 Å². The Labute approximate surface area is 108 Å². The van der Waals surface area contributed by atoms with Gasteiger partial charge in [-0.2, -0.15) is 0 Å². The smallest absolute Gasteiger partial charge is 0.213 e. The lowest BCUT2D eigenvalue weighted by Gasteiger charge is -2.45. The molecular formula is C14H21N3O. The molecular weight excluding hydrogens is 226 g/mol. The van der Waals surface area contributed by atoms with Crippen LogP contribution in [0, 0.1) is 0 Å². The molecule has 1 aromatic rings. The first-order valence-corrected chi connectivity index (χ1v) is 6.88. The van der Waals surface area contributed by atoms with Crippen molar-refractivity contribution >= 4 is 0 Å². The van der Waals surface area contributed by atoms with E-state index in [1.165, 1.54) is 12.8 Å². The summed E-state index contributed by atoms with van der Waals surface area (Å²) in [7, 11) is 0. The second-order valence-electron chi connectivity index (χ2n) is 5.43. The van der Waals surface area contributed by atoms with Crippen LogP contribution in [0.3, 0.4) is 0 Å². The first kappa shape index (κ1) is 11.9. The number of nitrogens with zero attached hydrogens (tertiary/aromatic N) is 2. The summed E-state index contributed by atoms with van der Waals surface area (Å²) in [5, 5.41) is 0. The molecule has 3 rings (SSSR count). The van der Waals surface area contributed by atoms with E-state index in [0.717, 1.165) is 37.9 Å². The Balaban J connectivity index is 1.45. The van der Waals surface area contributed by atoms with E-state index < -0.39 is 0 Å². The van der Waals surface area contributed by atoms with Crippen molar-refractivity contribution in [2.45, 2.75) is 43.9 Å². The quantitative estimate of drug-likeness (QED) is 0.877. The molecule has 0 bridgehead atoms. The lowest BCUT2D eigenvalue weighted by Crippen LogP contribution is -2.60. The zero-order valence-electron chi connectivity index (χ0n) is 10.7. The van der Waals surface area contributed by atoms with Crippen LogP contribution >= 0.6 is 0 Å². The molecule has 4 nitrogen and oxygen atoms in total. The molecule has 0 unspecified atom stereocenters. The van der Waals surface area contributed by atoms with E-state index in [1.807, 2.05) is 18.2 Å². The minimum Gasteiger partial charge on any atom is -0.474 e. The van der Waals surface area contributed by atoms with Crippen molar-refractivity contribution in [3.05, 3.63) is 24.4 Å². The third kappa shape index (κ3) is 2.65. The molecule has 0 spiro atoms. The highest BCUT2D eigenvalue weighted by Gasteiger charge is 2.33. The molecule has 1 saturated carbocycles. The summed E-state index contributed by atoms with van der Waals surface area (Å²) in [6.07, 6.45) is 6.84. The average molecular weight is 247 g/mol. The standard InChI is InChI=1S/C14H21N3O/c15-11-9-17(10-11)12-4-6-13(7-5-12)18-14-3-1-2-8-16-14/h1-3,8,11-13H,4-7,9-10,15H2. The molecule has 98 valence electrons. The summed E-state index contributed by atoms with van der Waals surface area (Å²) in [5.41, 5.74) is 5.83. The van der Waals surface area contributed by atoms with Gasteiger partial charge in [0.15, 0.2) is 0 Å². The van der Waals surface area contributed by atoms with Gasteiger partial charge in [-0.3, -0.25) is 4.90 Å². The van der Waals surface area contributed by atoms with E-state index in [9.17, 15) is 0 Å². The summed E-state index contributed by atoms with van der Waals surface area (Å²) in [6.45, 7) is 2.16. The number of rotatable bonds is 3. The number of hydrogen-bond donors (Lipinski definition) is 1. The number of ether oxygens (including phenoxy) is 1. The predicted octanol–water partition coefficient (Wildman–Crippen LogP) is 1.41. The maximum Gasteiger partial charge on any atom is 0.213 e. The first-order chi connectivity index (χ1) is 8.81. The summed E-state index contributed by atoms with van der Waals surface area (Å²) < 4.78 is 5.90. The van der Waals surface area contributed by atoms with Gasteiger partial charge in [0, 0.05) is 37.4 Å². The van der Waals surface area contributed by atoms with Crippen LogP contribution in [-0.4, -0.2) is 41.2 Å². The molecule has 2 N–H and O–H groups in total. The Kier molecular flexibility index (Phi) is 3.48. The first-order valence-electron chi connectivity index (χ1n) is 6.88. The van der Waals surface area contributed by atoms with Crippen LogP contribution < -0.4 is 10.5 Å². The summed E-state index contributed by atoms with van der Waals surface area (Å²) in [5.74, 6) is 0.756. The summed E-state index contributed by atoms with van der Waals surface area (Å²) >= 11 is 0. The van der Waals surface area contributed by atoms with Crippen LogP contribution in [-0.2, 0) is 0 Å². The van der Waals surface area contributed by atoms with Crippen LogP contribution in [0.2, 0.25) is 0 Å². The second kappa shape index (κ2) is 5.24. The zero-order valence-corrected chi connectivity index (χ0v) is 10.7. The number of likely N-dealkylation sites (tertiary alicyclic amines) is 1. The molecule has 1 aliphatic heterocycles. The van der Waals surface area contributed by atoms with Gasteiger partial charge in [-0.25, -0.2) is 4.98 Å². The van der Waals surface area contributed by atoms with Gasteiger partial charge in [-0.05, 0) is 31.7 Å². The monoisotopic (exact) mass is 247 g/mol. The normalized spacial score (nSPS) is 29.8. The minimum atomic E-state index is 0.339. The van der Waals surface area contributed by atoms with Gasteiger partial charge < -0.3 is 10.5 Å². The van der Waals surface area contributed by atoms with Crippen molar-refractivity contribution in [2.75, 3.05) is 13.1 Å². The molecule has 0 amide bonds. The third-order valence-corrected chi connectivity index (χ3v) is 4.02. The molecule has 2 aliphatic rings. The molecule has 1 aromatic heterocycles. The van der Waals surface area contributed by atoms with Crippen molar-refractivity contribution in [3.8, 4) is 5.88 Å². The Morgan fingerprint density at radius 3 is 2.56 bits per heavy atom. The molecule has 1 saturated heterocycles. The lowest BCUT2D eigenvalue weighted by atomic mass is 9.89. The maximum absolute atomic E-state index is 5.90. The van der Waals surface area contributed by atoms with Crippen molar-refractivity contribution in [1.82, 2.24) is 9.88 Å². The Bertz CT molecular complexity index is 370. The number of hydrogen-bond acceptors (Lipinski definition) is 4. The highest BCUT2D eigenvalue weighted by Crippen LogP contribution is 2.28. The van der Waals surface area contributed by atoms with Gasteiger partial charge in [0.2, 0.25) is 5.88 Å². The van der Waals surface area contributed by atoms with E-state index in [2.05, 4.69) is 9.88 Å². The van der Waals surface area contributed by atoms with E-state index in [0.29, 0.717) is 12.1 Å². The Morgan fingerprint density at radius 2 is 1.94 bits per heavy atom. The Hall–Kier alpha value is -1.13.